The Hall–Kier alpha value is -3.26. The van der Waals surface area contributed by atoms with E-state index in [0.717, 1.165) is 47.6 Å². The second-order valence-corrected chi connectivity index (χ2v) is 9.01. The molecule has 1 amide bonds. The Kier molecular flexibility index (Phi) is 7.90. The third-order valence-electron chi connectivity index (χ3n) is 5.66. The van der Waals surface area contributed by atoms with Gasteiger partial charge in [-0.25, -0.2) is 4.98 Å². The maximum atomic E-state index is 13.1. The second kappa shape index (κ2) is 11.2. The zero-order valence-electron chi connectivity index (χ0n) is 19.5. The molecule has 0 fully saturated rings. The molecule has 4 rings (SSSR count). The van der Waals surface area contributed by atoms with E-state index < -0.39 is 12.1 Å². The molecule has 0 aliphatic carbocycles. The summed E-state index contributed by atoms with van der Waals surface area (Å²) in [6.07, 6.45) is 5.73. The maximum absolute atomic E-state index is 13.1. The number of esters is 1. The van der Waals surface area contributed by atoms with Gasteiger partial charge in [0.15, 0.2) is 6.10 Å². The number of thiazole rings is 1. The van der Waals surface area contributed by atoms with E-state index in [4.69, 9.17) is 14.5 Å². The van der Waals surface area contributed by atoms with Gasteiger partial charge >= 0.3 is 5.97 Å². The fraction of sp³-hybridized carbons (Fsp3) is 0.385. The van der Waals surface area contributed by atoms with E-state index in [9.17, 15) is 9.59 Å². The second-order valence-electron chi connectivity index (χ2n) is 8.16. The van der Waals surface area contributed by atoms with E-state index in [1.54, 1.807) is 6.20 Å². The number of unbranched alkanes of at least 4 members (excludes halogenated alkanes) is 3. The van der Waals surface area contributed by atoms with Crippen molar-refractivity contribution in [2.75, 3.05) is 18.1 Å². The largest absolute Gasteiger partial charge is 0.478 e. The normalized spacial score (nSPS) is 15.1. The van der Waals surface area contributed by atoms with Crippen LogP contribution >= 0.6 is 11.3 Å². The van der Waals surface area contributed by atoms with E-state index in [1.165, 1.54) is 16.2 Å². The fourth-order valence-corrected chi connectivity index (χ4v) is 4.61. The summed E-state index contributed by atoms with van der Waals surface area (Å²) in [7, 11) is 0. The highest BCUT2D eigenvalue weighted by Crippen LogP contribution is 2.39. The summed E-state index contributed by atoms with van der Waals surface area (Å²) in [5, 5.41) is 2.77. The van der Waals surface area contributed by atoms with Gasteiger partial charge in [0.1, 0.15) is 17.3 Å². The van der Waals surface area contributed by atoms with Crippen LogP contribution in [0.25, 0.3) is 22.0 Å². The van der Waals surface area contributed by atoms with E-state index in [-0.39, 0.29) is 12.5 Å². The van der Waals surface area contributed by atoms with Crippen LogP contribution in [0.1, 0.15) is 46.0 Å². The first-order valence-corrected chi connectivity index (χ1v) is 12.6. The fourth-order valence-electron chi connectivity index (χ4n) is 3.81. The van der Waals surface area contributed by atoms with E-state index >= 15 is 0 Å². The molecular formula is C26H29N3O4S. The van der Waals surface area contributed by atoms with Crippen LogP contribution in [-0.4, -0.2) is 41.1 Å². The number of hydrogen-bond acceptors (Lipinski definition) is 7. The SMILES string of the molecule is CCCCCCOC(=O)CN1C(=O)C(CC)Oc2ccc(-c3csc(-c4ccccn4)n3)cc21. The lowest BCUT2D eigenvalue weighted by atomic mass is 10.1. The predicted molar refractivity (Wildman–Crippen MR) is 133 cm³/mol. The monoisotopic (exact) mass is 479 g/mol. The average Bonchev–Trinajstić information content (AvgIpc) is 3.36. The lowest BCUT2D eigenvalue weighted by molar-refractivity contribution is -0.143. The van der Waals surface area contributed by atoms with Crippen LogP contribution in [0.15, 0.2) is 48.0 Å². The number of aromatic nitrogens is 2. The summed E-state index contributed by atoms with van der Waals surface area (Å²) in [6.45, 7) is 4.26. The van der Waals surface area contributed by atoms with Gasteiger partial charge in [-0.3, -0.25) is 19.5 Å². The smallest absolute Gasteiger partial charge is 0.326 e. The number of carbonyl (C=O) groups excluding carboxylic acids is 2. The Morgan fingerprint density at radius 3 is 2.79 bits per heavy atom. The van der Waals surface area contributed by atoms with Crippen molar-refractivity contribution in [2.45, 2.75) is 52.1 Å². The van der Waals surface area contributed by atoms with Crippen molar-refractivity contribution >= 4 is 28.9 Å². The van der Waals surface area contributed by atoms with Crippen LogP contribution in [0.2, 0.25) is 0 Å². The van der Waals surface area contributed by atoms with Crippen molar-refractivity contribution < 1.29 is 19.1 Å². The summed E-state index contributed by atoms with van der Waals surface area (Å²) in [6, 6.07) is 11.3. The molecule has 0 spiro atoms. The molecule has 1 aliphatic heterocycles. The van der Waals surface area contributed by atoms with Crippen molar-refractivity contribution in [3.63, 3.8) is 0 Å². The molecule has 0 N–H and O–H groups in total. The summed E-state index contributed by atoms with van der Waals surface area (Å²) >= 11 is 1.51. The Morgan fingerprint density at radius 1 is 1.15 bits per heavy atom. The number of fused-ring (bicyclic) bond motifs is 1. The third-order valence-corrected chi connectivity index (χ3v) is 6.53. The van der Waals surface area contributed by atoms with Gasteiger partial charge in [-0.2, -0.15) is 0 Å². The molecule has 1 aliphatic rings. The summed E-state index contributed by atoms with van der Waals surface area (Å²) in [5.74, 6) is -0.0716. The van der Waals surface area contributed by atoms with Crippen LogP contribution in [0, 0.1) is 0 Å². The van der Waals surface area contributed by atoms with Crippen LogP contribution < -0.4 is 9.64 Å². The molecule has 0 saturated heterocycles. The molecule has 0 bridgehead atoms. The lowest BCUT2D eigenvalue weighted by Gasteiger charge is -2.33. The minimum absolute atomic E-state index is 0.140. The van der Waals surface area contributed by atoms with Gasteiger partial charge in [-0.1, -0.05) is 39.2 Å². The standard InChI is InChI=1S/C26H29N3O4S/c1-3-5-6-9-14-32-24(30)16-29-21-15-18(11-12-23(21)33-22(4-2)26(29)31)20-17-34-25(28-20)19-10-7-8-13-27-19/h7-8,10-13,15,17,22H,3-6,9,14,16H2,1-2H3. The molecule has 3 aromatic rings. The number of benzene rings is 1. The van der Waals surface area contributed by atoms with Gasteiger partial charge in [0.05, 0.1) is 23.7 Å². The van der Waals surface area contributed by atoms with Gasteiger partial charge in [-0.15, -0.1) is 11.3 Å². The molecule has 8 heteroatoms. The lowest BCUT2D eigenvalue weighted by Crippen LogP contribution is -2.48. The minimum atomic E-state index is -0.620. The van der Waals surface area contributed by atoms with Crippen LogP contribution in [0.5, 0.6) is 5.75 Å². The van der Waals surface area contributed by atoms with Crippen molar-refractivity contribution in [3.8, 4) is 27.7 Å². The van der Waals surface area contributed by atoms with E-state index in [0.29, 0.717) is 24.5 Å². The molecule has 7 nitrogen and oxygen atoms in total. The molecule has 178 valence electrons. The molecule has 3 heterocycles. The summed E-state index contributed by atoms with van der Waals surface area (Å²) in [4.78, 5) is 36.2. The molecule has 0 radical (unpaired) electrons. The maximum Gasteiger partial charge on any atom is 0.326 e. The third kappa shape index (κ3) is 5.44. The predicted octanol–water partition coefficient (Wildman–Crippen LogP) is 5.50. The zero-order valence-corrected chi connectivity index (χ0v) is 20.3. The topological polar surface area (TPSA) is 81.6 Å². The quantitative estimate of drug-likeness (QED) is 0.282. The molecule has 0 saturated carbocycles. The van der Waals surface area contributed by atoms with Crippen molar-refractivity contribution in [2.24, 2.45) is 0 Å². The first-order valence-electron chi connectivity index (χ1n) is 11.8. The highest BCUT2D eigenvalue weighted by atomic mass is 32.1. The van der Waals surface area contributed by atoms with Crippen molar-refractivity contribution in [1.29, 1.82) is 0 Å². The number of hydrogen-bond donors (Lipinski definition) is 0. The van der Waals surface area contributed by atoms with Crippen molar-refractivity contribution in [3.05, 3.63) is 48.0 Å². The number of amides is 1. The van der Waals surface area contributed by atoms with Crippen molar-refractivity contribution in [1.82, 2.24) is 9.97 Å². The molecular weight excluding hydrogens is 450 g/mol. The van der Waals surface area contributed by atoms with Gasteiger partial charge in [0.25, 0.3) is 5.91 Å². The Labute approximate surface area is 203 Å². The minimum Gasteiger partial charge on any atom is -0.478 e. The van der Waals surface area contributed by atoms with Crippen LogP contribution in [-0.2, 0) is 14.3 Å². The summed E-state index contributed by atoms with van der Waals surface area (Å²) in [5.41, 5.74) is 2.98. The number of nitrogens with zero attached hydrogens (tertiary/aromatic N) is 3. The van der Waals surface area contributed by atoms with Crippen LogP contribution in [0.3, 0.4) is 0 Å². The first-order chi connectivity index (χ1) is 16.6. The number of pyridine rings is 1. The van der Waals surface area contributed by atoms with E-state index in [2.05, 4.69) is 11.9 Å². The van der Waals surface area contributed by atoms with Gasteiger partial charge < -0.3 is 9.47 Å². The van der Waals surface area contributed by atoms with Gasteiger partial charge in [-0.05, 0) is 43.2 Å². The molecule has 2 aromatic heterocycles. The van der Waals surface area contributed by atoms with Crippen LogP contribution in [0.4, 0.5) is 5.69 Å². The van der Waals surface area contributed by atoms with Gasteiger partial charge in [0.2, 0.25) is 0 Å². The first kappa shape index (κ1) is 23.9. The number of carbonyl (C=O) groups is 2. The number of rotatable bonds is 10. The van der Waals surface area contributed by atoms with E-state index in [1.807, 2.05) is 48.7 Å². The summed E-state index contributed by atoms with van der Waals surface area (Å²) < 4.78 is 11.3. The highest BCUT2D eigenvalue weighted by Gasteiger charge is 2.35. The number of ether oxygens (including phenoxy) is 2. The molecule has 1 atom stereocenters. The average molecular weight is 480 g/mol. The number of anilines is 1. The Bertz CT molecular complexity index is 1130. The highest BCUT2D eigenvalue weighted by molar-refractivity contribution is 7.13. The zero-order chi connectivity index (χ0) is 23.9. The van der Waals surface area contributed by atoms with Gasteiger partial charge in [0, 0.05) is 17.1 Å². The molecule has 34 heavy (non-hydrogen) atoms. The molecule has 1 unspecified atom stereocenters. The Morgan fingerprint density at radius 2 is 2.03 bits per heavy atom. The Balaban J connectivity index is 1.55. The molecule has 1 aromatic carbocycles.